The Labute approximate surface area is 159 Å². The molecule has 0 atom stereocenters. The minimum absolute atomic E-state index is 0.668. The van der Waals surface area contributed by atoms with Gasteiger partial charge >= 0.3 is 0 Å². The summed E-state index contributed by atoms with van der Waals surface area (Å²) < 4.78 is 11.6. The molecule has 0 unspecified atom stereocenters. The van der Waals surface area contributed by atoms with Crippen molar-refractivity contribution in [3.63, 3.8) is 0 Å². The molecular weight excluding hydrogens is 400 g/mol. The fourth-order valence-corrected chi connectivity index (χ4v) is 3.64. The lowest BCUT2D eigenvalue weighted by Crippen LogP contribution is -2.47. The van der Waals surface area contributed by atoms with Crippen molar-refractivity contribution in [1.29, 1.82) is 0 Å². The van der Waals surface area contributed by atoms with E-state index in [0.717, 1.165) is 59.2 Å². The second kappa shape index (κ2) is 6.99. The maximum Gasteiger partial charge on any atom is 0.187 e. The van der Waals surface area contributed by atoms with Crippen LogP contribution < -0.4 is 19.3 Å². The van der Waals surface area contributed by atoms with Crippen molar-refractivity contribution in [2.75, 3.05) is 50.2 Å². The minimum Gasteiger partial charge on any atom is -0.497 e. The zero-order chi connectivity index (χ0) is 18.1. The molecular formula is C17H19BrN6O2. The highest BCUT2D eigenvalue weighted by molar-refractivity contribution is 9.10. The van der Waals surface area contributed by atoms with Crippen LogP contribution in [0.1, 0.15) is 0 Å². The van der Waals surface area contributed by atoms with Crippen LogP contribution in [0.5, 0.6) is 11.5 Å². The number of benzene rings is 1. The number of methoxy groups -OCH3 is 2. The van der Waals surface area contributed by atoms with Crippen LogP contribution in [0, 0.1) is 0 Å². The van der Waals surface area contributed by atoms with Crippen LogP contribution in [0.25, 0.3) is 11.0 Å². The van der Waals surface area contributed by atoms with Gasteiger partial charge in [-0.15, -0.1) is 0 Å². The average Bonchev–Trinajstić information content (AvgIpc) is 3.09. The molecule has 4 rings (SSSR count). The molecule has 0 radical (unpaired) electrons. The summed E-state index contributed by atoms with van der Waals surface area (Å²) in [6, 6.07) is 5.95. The van der Waals surface area contributed by atoms with Crippen molar-refractivity contribution in [3.05, 3.63) is 29.1 Å². The van der Waals surface area contributed by atoms with E-state index in [1.165, 1.54) is 0 Å². The molecule has 9 heteroatoms. The Morgan fingerprint density at radius 3 is 2.27 bits per heavy atom. The van der Waals surface area contributed by atoms with Gasteiger partial charge < -0.3 is 19.3 Å². The summed E-state index contributed by atoms with van der Waals surface area (Å²) in [6.07, 6.45) is 1.56. The number of ether oxygens (including phenoxy) is 2. The first-order chi connectivity index (χ1) is 12.7. The van der Waals surface area contributed by atoms with E-state index in [9.17, 15) is 0 Å². The zero-order valence-corrected chi connectivity index (χ0v) is 16.2. The number of fused-ring (bicyclic) bond motifs is 1. The number of aromatic nitrogens is 4. The highest BCUT2D eigenvalue weighted by Gasteiger charge is 2.22. The topological polar surface area (TPSA) is 79.4 Å². The summed E-state index contributed by atoms with van der Waals surface area (Å²) in [4.78, 5) is 13.3. The van der Waals surface area contributed by atoms with E-state index >= 15 is 0 Å². The smallest absolute Gasteiger partial charge is 0.187 e. The van der Waals surface area contributed by atoms with Gasteiger partial charge in [-0.25, -0.2) is 9.97 Å². The van der Waals surface area contributed by atoms with Gasteiger partial charge in [0.1, 0.15) is 28.2 Å². The van der Waals surface area contributed by atoms with Crippen molar-refractivity contribution in [2.45, 2.75) is 0 Å². The van der Waals surface area contributed by atoms with Crippen molar-refractivity contribution in [3.8, 4) is 11.5 Å². The molecule has 0 amide bonds. The molecule has 3 heterocycles. The van der Waals surface area contributed by atoms with Crippen molar-refractivity contribution in [2.24, 2.45) is 0 Å². The lowest BCUT2D eigenvalue weighted by atomic mass is 10.2. The normalized spacial score (nSPS) is 14.7. The second-order valence-electron chi connectivity index (χ2n) is 5.98. The number of nitrogens with one attached hydrogen (secondary N) is 1. The van der Waals surface area contributed by atoms with Crippen molar-refractivity contribution in [1.82, 2.24) is 20.2 Å². The third-order valence-corrected chi connectivity index (χ3v) is 5.14. The van der Waals surface area contributed by atoms with E-state index in [-0.39, 0.29) is 0 Å². The number of anilines is 2. The second-order valence-corrected chi connectivity index (χ2v) is 6.77. The molecule has 3 aromatic rings. The number of hydrogen-bond acceptors (Lipinski definition) is 7. The van der Waals surface area contributed by atoms with Crippen LogP contribution in [-0.2, 0) is 0 Å². The van der Waals surface area contributed by atoms with Crippen LogP contribution in [0.4, 0.5) is 11.5 Å². The molecule has 2 aromatic heterocycles. The first-order valence-corrected chi connectivity index (χ1v) is 9.06. The standard InChI is InChI=1S/C17H19BrN6O2/c1-25-12-7-11(8-13(9-12)26-2)23-3-5-24(6-4-23)17-14-15(18)21-22-16(14)19-10-20-17/h7-10H,3-6H2,1-2H3,(H,19,20,21,22). The van der Waals surface area contributed by atoms with Crippen molar-refractivity contribution >= 4 is 38.5 Å². The fraction of sp³-hybridized carbons (Fsp3) is 0.353. The molecule has 1 N–H and O–H groups in total. The average molecular weight is 419 g/mol. The molecule has 0 saturated carbocycles. The third-order valence-electron chi connectivity index (χ3n) is 4.57. The van der Waals surface area contributed by atoms with E-state index in [1.807, 2.05) is 18.2 Å². The number of hydrogen-bond donors (Lipinski definition) is 1. The quantitative estimate of drug-likeness (QED) is 0.696. The molecule has 1 aliphatic heterocycles. The summed E-state index contributed by atoms with van der Waals surface area (Å²) in [5.74, 6) is 2.49. The molecule has 1 aromatic carbocycles. The lowest BCUT2D eigenvalue weighted by molar-refractivity contribution is 0.394. The largest absolute Gasteiger partial charge is 0.497 e. The highest BCUT2D eigenvalue weighted by Crippen LogP contribution is 2.31. The number of H-pyrrole nitrogens is 1. The third kappa shape index (κ3) is 3.03. The molecule has 0 spiro atoms. The predicted octanol–water partition coefficient (Wildman–Crippen LogP) is 2.46. The molecule has 0 aliphatic carbocycles. The van der Waals surface area contributed by atoms with Gasteiger partial charge in [-0.2, -0.15) is 5.10 Å². The highest BCUT2D eigenvalue weighted by atomic mass is 79.9. The molecule has 136 valence electrons. The summed E-state index contributed by atoms with van der Waals surface area (Å²) in [5, 5.41) is 8.02. The Morgan fingerprint density at radius 2 is 1.62 bits per heavy atom. The van der Waals surface area contributed by atoms with Crippen LogP contribution in [0.15, 0.2) is 29.1 Å². The molecule has 1 saturated heterocycles. The number of nitrogens with zero attached hydrogens (tertiary/aromatic N) is 5. The summed E-state index contributed by atoms with van der Waals surface area (Å²) in [6.45, 7) is 3.45. The first-order valence-electron chi connectivity index (χ1n) is 8.27. The Bertz CT molecular complexity index is 901. The van der Waals surface area contributed by atoms with Crippen LogP contribution >= 0.6 is 15.9 Å². The monoisotopic (exact) mass is 418 g/mol. The Morgan fingerprint density at radius 1 is 0.962 bits per heavy atom. The lowest BCUT2D eigenvalue weighted by Gasteiger charge is -2.37. The summed E-state index contributed by atoms with van der Waals surface area (Å²) in [5.41, 5.74) is 1.76. The number of aromatic amines is 1. The number of halogens is 1. The predicted molar refractivity (Wildman–Crippen MR) is 103 cm³/mol. The van der Waals surface area contributed by atoms with Crippen molar-refractivity contribution < 1.29 is 9.47 Å². The molecule has 8 nitrogen and oxygen atoms in total. The molecule has 0 bridgehead atoms. The van der Waals surface area contributed by atoms with Crippen LogP contribution in [-0.4, -0.2) is 60.6 Å². The first kappa shape index (κ1) is 16.9. The Balaban J connectivity index is 1.55. The van der Waals surface area contributed by atoms with Gasteiger partial charge in [-0.1, -0.05) is 0 Å². The van der Waals surface area contributed by atoms with Crippen LogP contribution in [0.2, 0.25) is 0 Å². The summed E-state index contributed by atoms with van der Waals surface area (Å²) >= 11 is 3.50. The van der Waals surface area contributed by atoms with Crippen LogP contribution in [0.3, 0.4) is 0 Å². The van der Waals surface area contributed by atoms with Gasteiger partial charge in [0.25, 0.3) is 0 Å². The SMILES string of the molecule is COc1cc(OC)cc(N2CCN(c3ncnc4n[nH]c(Br)c34)CC2)c1. The zero-order valence-electron chi connectivity index (χ0n) is 14.6. The molecule has 1 fully saturated rings. The van der Waals surface area contributed by atoms with E-state index < -0.39 is 0 Å². The number of piperazine rings is 1. The Kier molecular flexibility index (Phi) is 4.54. The van der Waals surface area contributed by atoms with Gasteiger partial charge in [-0.3, -0.25) is 5.10 Å². The maximum absolute atomic E-state index is 5.38. The van der Waals surface area contributed by atoms with Gasteiger partial charge in [0.2, 0.25) is 0 Å². The molecule has 1 aliphatic rings. The maximum atomic E-state index is 5.38. The van der Waals surface area contributed by atoms with E-state index in [2.05, 4.69) is 45.9 Å². The van der Waals surface area contributed by atoms with E-state index in [4.69, 9.17) is 9.47 Å². The molecule has 26 heavy (non-hydrogen) atoms. The Hall–Kier alpha value is -2.55. The minimum atomic E-state index is 0.668. The fourth-order valence-electron chi connectivity index (χ4n) is 3.20. The number of rotatable bonds is 4. The van der Waals surface area contributed by atoms with E-state index in [1.54, 1.807) is 20.5 Å². The van der Waals surface area contributed by atoms with Gasteiger partial charge in [-0.05, 0) is 15.9 Å². The van der Waals surface area contributed by atoms with Gasteiger partial charge in [0.15, 0.2) is 5.65 Å². The van der Waals surface area contributed by atoms with E-state index in [0.29, 0.717) is 5.65 Å². The van der Waals surface area contributed by atoms with Gasteiger partial charge in [0.05, 0.1) is 19.6 Å². The van der Waals surface area contributed by atoms with Gasteiger partial charge in [0, 0.05) is 50.1 Å². The summed E-state index contributed by atoms with van der Waals surface area (Å²) in [7, 11) is 3.33.